The van der Waals surface area contributed by atoms with Crippen molar-refractivity contribution in [1.29, 1.82) is 0 Å². The molecule has 1 saturated heterocycles. The van der Waals surface area contributed by atoms with Gasteiger partial charge in [0.1, 0.15) is 23.1 Å². The lowest BCUT2D eigenvalue weighted by Gasteiger charge is -2.22. The zero-order valence-corrected chi connectivity index (χ0v) is 25.4. The average Bonchev–Trinajstić information content (AvgIpc) is 3.65. The zero-order valence-electron chi connectivity index (χ0n) is 25.4. The first kappa shape index (κ1) is 31.3. The number of aliphatic carboxylic acids is 1. The Bertz CT molecular complexity index is 1920. The fourth-order valence-electron chi connectivity index (χ4n) is 6.39. The summed E-state index contributed by atoms with van der Waals surface area (Å²) in [7, 11) is 0. The van der Waals surface area contributed by atoms with Crippen molar-refractivity contribution in [3.05, 3.63) is 94.8 Å². The van der Waals surface area contributed by atoms with Gasteiger partial charge in [-0.05, 0) is 96.8 Å². The first-order valence-electron chi connectivity index (χ1n) is 15.1. The molecule has 0 saturated carbocycles. The molecule has 5 aromatic rings. The minimum Gasteiger partial charge on any atom is -0.480 e. The molecule has 46 heavy (non-hydrogen) atoms. The number of nitrogens with zero attached hydrogens (tertiary/aromatic N) is 2. The molecule has 2 N–H and O–H groups in total. The standard InChI is InChI=1S/C36H33F3N2O5/c1-20-25(23-12-11-22(13-15-42)29(37)16-23)6-3-7-26(20)27-8-4-9-28(21(27)2)34-40-30-17-24(19-41-14-5-10-31(41)35(43)44)32(46-36(38)39)18-33(30)45-34/h3-4,6-9,11-12,16-18,31,36,42H,5,10,13-15,19H2,1-2H3,(H,43,44)/t31-/m0/s1. The van der Waals surface area contributed by atoms with Gasteiger partial charge >= 0.3 is 12.6 Å². The second-order valence-electron chi connectivity index (χ2n) is 11.5. The zero-order chi connectivity index (χ0) is 32.5. The van der Waals surface area contributed by atoms with E-state index in [1.807, 2.05) is 56.3 Å². The maximum Gasteiger partial charge on any atom is 0.387 e. The predicted molar refractivity (Wildman–Crippen MR) is 168 cm³/mol. The van der Waals surface area contributed by atoms with Gasteiger partial charge in [0.25, 0.3) is 0 Å². The van der Waals surface area contributed by atoms with Crippen molar-refractivity contribution in [3.63, 3.8) is 0 Å². The molecule has 1 fully saturated rings. The normalized spacial score (nSPS) is 15.2. The molecule has 0 radical (unpaired) electrons. The van der Waals surface area contributed by atoms with Gasteiger partial charge in [0, 0.05) is 30.3 Å². The monoisotopic (exact) mass is 630 g/mol. The van der Waals surface area contributed by atoms with Crippen LogP contribution in [0.2, 0.25) is 0 Å². The fraction of sp³-hybridized carbons (Fsp3) is 0.278. The summed E-state index contributed by atoms with van der Waals surface area (Å²) >= 11 is 0. The molecule has 4 aromatic carbocycles. The lowest BCUT2D eigenvalue weighted by molar-refractivity contribution is -0.142. The molecule has 2 heterocycles. The van der Waals surface area contributed by atoms with Gasteiger partial charge in [0.2, 0.25) is 5.89 Å². The van der Waals surface area contributed by atoms with Crippen LogP contribution in [0.4, 0.5) is 13.2 Å². The number of aliphatic hydroxyl groups excluding tert-OH is 1. The van der Waals surface area contributed by atoms with Gasteiger partial charge in [0.05, 0.1) is 0 Å². The minimum absolute atomic E-state index is 0.0834. The number of hydrogen-bond donors (Lipinski definition) is 2. The van der Waals surface area contributed by atoms with Crippen molar-refractivity contribution in [1.82, 2.24) is 9.88 Å². The maximum absolute atomic E-state index is 14.7. The molecule has 0 spiro atoms. The lowest BCUT2D eigenvalue weighted by Crippen LogP contribution is -2.35. The van der Waals surface area contributed by atoms with Crippen LogP contribution in [0.3, 0.4) is 0 Å². The number of benzene rings is 4. The lowest BCUT2D eigenvalue weighted by atomic mass is 9.89. The third kappa shape index (κ3) is 6.10. The number of hydrogen-bond acceptors (Lipinski definition) is 6. The van der Waals surface area contributed by atoms with E-state index in [1.54, 1.807) is 17.0 Å². The number of rotatable bonds is 10. The number of likely N-dealkylation sites (tertiary alicyclic amines) is 1. The minimum atomic E-state index is -3.07. The summed E-state index contributed by atoms with van der Waals surface area (Å²) in [6.45, 7) is 1.39. The summed E-state index contributed by atoms with van der Waals surface area (Å²) in [5.74, 6) is -1.09. The topological polar surface area (TPSA) is 96.0 Å². The number of aromatic nitrogens is 1. The summed E-state index contributed by atoms with van der Waals surface area (Å²) in [4.78, 5) is 18.2. The highest BCUT2D eigenvalue weighted by Crippen LogP contribution is 2.39. The van der Waals surface area contributed by atoms with Gasteiger partial charge in [-0.3, -0.25) is 9.69 Å². The van der Waals surface area contributed by atoms with Gasteiger partial charge in [-0.25, -0.2) is 9.37 Å². The second kappa shape index (κ2) is 13.0. The average molecular weight is 631 g/mol. The van der Waals surface area contributed by atoms with E-state index in [-0.39, 0.29) is 36.7 Å². The van der Waals surface area contributed by atoms with E-state index in [0.717, 1.165) is 33.4 Å². The molecular formula is C36H33F3N2O5. The van der Waals surface area contributed by atoms with Crippen LogP contribution in [0.25, 0.3) is 44.8 Å². The van der Waals surface area contributed by atoms with Crippen LogP contribution in [-0.2, 0) is 17.8 Å². The Morgan fingerprint density at radius 2 is 1.70 bits per heavy atom. The maximum atomic E-state index is 14.7. The third-order valence-electron chi connectivity index (χ3n) is 8.74. The number of oxazole rings is 1. The largest absolute Gasteiger partial charge is 0.480 e. The predicted octanol–water partition coefficient (Wildman–Crippen LogP) is 7.77. The number of carboxylic acid groups (broad SMARTS) is 1. The Hall–Kier alpha value is -4.67. The molecule has 1 aromatic heterocycles. The van der Waals surface area contributed by atoms with E-state index in [2.05, 4.69) is 0 Å². The second-order valence-corrected chi connectivity index (χ2v) is 11.5. The molecule has 0 bridgehead atoms. The van der Waals surface area contributed by atoms with E-state index >= 15 is 0 Å². The van der Waals surface area contributed by atoms with Crippen LogP contribution >= 0.6 is 0 Å². The Kier molecular flexibility index (Phi) is 8.84. The van der Waals surface area contributed by atoms with Crippen molar-refractivity contribution in [3.8, 4) is 39.5 Å². The van der Waals surface area contributed by atoms with Crippen LogP contribution in [-0.4, -0.2) is 51.9 Å². The fourth-order valence-corrected chi connectivity index (χ4v) is 6.39. The Labute approximate surface area is 263 Å². The van der Waals surface area contributed by atoms with Crippen molar-refractivity contribution in [2.45, 2.75) is 52.3 Å². The summed E-state index contributed by atoms with van der Waals surface area (Å²) < 4.78 is 52.4. The van der Waals surface area contributed by atoms with Crippen molar-refractivity contribution in [2.75, 3.05) is 13.2 Å². The number of fused-ring (bicyclic) bond motifs is 1. The molecule has 0 amide bonds. The molecule has 1 aliphatic rings. The Morgan fingerprint density at radius 3 is 2.37 bits per heavy atom. The molecule has 0 unspecified atom stereocenters. The quantitative estimate of drug-likeness (QED) is 0.163. The number of aliphatic hydroxyl groups is 1. The number of halogens is 3. The Balaban J connectivity index is 1.37. The van der Waals surface area contributed by atoms with E-state index < -0.39 is 18.6 Å². The molecule has 1 atom stereocenters. The summed E-state index contributed by atoms with van der Waals surface area (Å²) in [5, 5.41) is 18.8. The molecule has 10 heteroatoms. The molecule has 1 aliphatic heterocycles. The number of carbonyl (C=O) groups is 1. The van der Waals surface area contributed by atoms with Crippen molar-refractivity contribution in [2.24, 2.45) is 0 Å². The van der Waals surface area contributed by atoms with E-state index in [9.17, 15) is 28.2 Å². The van der Waals surface area contributed by atoms with E-state index in [0.29, 0.717) is 47.5 Å². The number of ether oxygens (including phenoxy) is 1. The van der Waals surface area contributed by atoms with Crippen LogP contribution in [0, 0.1) is 19.7 Å². The van der Waals surface area contributed by atoms with Crippen molar-refractivity contribution >= 4 is 17.1 Å². The molecule has 7 nitrogen and oxygen atoms in total. The van der Waals surface area contributed by atoms with Gasteiger partial charge in [-0.1, -0.05) is 42.5 Å². The highest BCUT2D eigenvalue weighted by molar-refractivity contribution is 5.85. The van der Waals surface area contributed by atoms with Gasteiger partial charge in [-0.2, -0.15) is 8.78 Å². The van der Waals surface area contributed by atoms with Crippen LogP contribution in [0.15, 0.2) is 71.1 Å². The SMILES string of the molecule is Cc1c(-c2ccc(CCO)c(F)c2)cccc1-c1cccc(-c2nc3cc(CN4CCC[C@H]4C(=O)O)c(OC(F)F)cc3o2)c1C. The van der Waals surface area contributed by atoms with E-state index in [4.69, 9.17) is 14.1 Å². The van der Waals surface area contributed by atoms with Crippen LogP contribution in [0.5, 0.6) is 5.75 Å². The molecule has 0 aliphatic carbocycles. The molecule has 238 valence electrons. The number of carboxylic acids is 1. The Morgan fingerprint density at radius 1 is 1.00 bits per heavy atom. The summed E-state index contributed by atoms with van der Waals surface area (Å²) in [5.41, 5.74) is 7.58. The van der Waals surface area contributed by atoms with Gasteiger partial charge in [0.15, 0.2) is 5.58 Å². The third-order valence-corrected chi connectivity index (χ3v) is 8.74. The highest BCUT2D eigenvalue weighted by Gasteiger charge is 2.31. The van der Waals surface area contributed by atoms with E-state index in [1.165, 1.54) is 12.1 Å². The first-order chi connectivity index (χ1) is 22.1. The summed E-state index contributed by atoms with van der Waals surface area (Å²) in [6.07, 6.45) is 1.44. The summed E-state index contributed by atoms with van der Waals surface area (Å²) in [6, 6.07) is 19.0. The van der Waals surface area contributed by atoms with Gasteiger partial charge < -0.3 is 19.4 Å². The molecule has 6 rings (SSSR count). The highest BCUT2D eigenvalue weighted by atomic mass is 19.3. The smallest absolute Gasteiger partial charge is 0.387 e. The van der Waals surface area contributed by atoms with Gasteiger partial charge in [-0.15, -0.1) is 0 Å². The molecular weight excluding hydrogens is 597 g/mol. The van der Waals surface area contributed by atoms with Crippen LogP contribution < -0.4 is 4.74 Å². The number of alkyl halides is 2. The van der Waals surface area contributed by atoms with Crippen molar-refractivity contribution < 1.29 is 37.3 Å². The van der Waals surface area contributed by atoms with Crippen LogP contribution in [0.1, 0.15) is 35.1 Å². The first-order valence-corrected chi connectivity index (χ1v) is 15.1.